The van der Waals surface area contributed by atoms with E-state index in [-0.39, 0.29) is 24.3 Å². The zero-order chi connectivity index (χ0) is 12.8. The summed E-state index contributed by atoms with van der Waals surface area (Å²) in [4.78, 5) is 24.5. The predicted octanol–water partition coefficient (Wildman–Crippen LogP) is 2.05. The lowest BCUT2D eigenvalue weighted by atomic mass is 10.0. The number of carboxylic acids is 1. The molecular formula is C13H21NO3. The topological polar surface area (TPSA) is 57.6 Å². The summed E-state index contributed by atoms with van der Waals surface area (Å²) in [5.41, 5.74) is 0. The zero-order valence-electron chi connectivity index (χ0n) is 10.6. The number of nitrogens with zero attached hydrogens (tertiary/aromatic N) is 1. The van der Waals surface area contributed by atoms with Gasteiger partial charge >= 0.3 is 5.97 Å². The van der Waals surface area contributed by atoms with Gasteiger partial charge in [0.2, 0.25) is 5.91 Å². The van der Waals surface area contributed by atoms with Crippen molar-refractivity contribution < 1.29 is 14.7 Å². The van der Waals surface area contributed by atoms with E-state index >= 15 is 0 Å². The molecular weight excluding hydrogens is 218 g/mol. The molecule has 0 unspecified atom stereocenters. The van der Waals surface area contributed by atoms with E-state index in [1.54, 1.807) is 4.90 Å². The Labute approximate surface area is 102 Å². The Morgan fingerprint density at radius 2 is 1.94 bits per heavy atom. The Bertz CT molecular complexity index is 302. The summed E-state index contributed by atoms with van der Waals surface area (Å²) in [6.07, 6.45) is 6.37. The van der Waals surface area contributed by atoms with Crippen molar-refractivity contribution in [2.75, 3.05) is 6.54 Å². The molecule has 96 valence electrons. The first kappa shape index (κ1) is 13.7. The van der Waals surface area contributed by atoms with Crippen LogP contribution in [0.4, 0.5) is 0 Å². The Balaban J connectivity index is 2.46. The molecule has 17 heavy (non-hydrogen) atoms. The number of hydrogen-bond donors (Lipinski definition) is 1. The molecule has 1 amide bonds. The molecule has 0 aromatic rings. The summed E-state index contributed by atoms with van der Waals surface area (Å²) in [5.74, 6) is -0.568. The highest BCUT2D eigenvalue weighted by molar-refractivity contribution is 5.80. The van der Waals surface area contributed by atoms with Crippen LogP contribution < -0.4 is 0 Å². The lowest BCUT2D eigenvalue weighted by molar-refractivity contribution is -0.140. The van der Waals surface area contributed by atoms with Crippen LogP contribution in [-0.2, 0) is 9.59 Å². The van der Waals surface area contributed by atoms with Gasteiger partial charge in [-0.05, 0) is 33.1 Å². The summed E-state index contributed by atoms with van der Waals surface area (Å²) in [6, 6.07) is 0.136. The fourth-order valence-electron chi connectivity index (χ4n) is 2.08. The van der Waals surface area contributed by atoms with Gasteiger partial charge in [-0.1, -0.05) is 12.2 Å². The number of hydrogen-bond acceptors (Lipinski definition) is 2. The van der Waals surface area contributed by atoms with Gasteiger partial charge in [0.05, 0.1) is 0 Å². The lowest BCUT2D eigenvalue weighted by Gasteiger charge is -2.29. The number of aliphatic carboxylic acids is 1. The average molecular weight is 239 g/mol. The normalized spacial score (nSPS) is 15.5. The number of carbonyl (C=O) groups excluding carboxylic acids is 1. The molecule has 0 fully saturated rings. The Morgan fingerprint density at radius 1 is 1.35 bits per heavy atom. The van der Waals surface area contributed by atoms with Crippen LogP contribution in [0.25, 0.3) is 0 Å². The third-order valence-electron chi connectivity index (χ3n) is 3.05. The molecule has 1 N–H and O–H groups in total. The van der Waals surface area contributed by atoms with Gasteiger partial charge in [-0.15, -0.1) is 0 Å². The average Bonchev–Trinajstić information content (AvgIpc) is 2.75. The van der Waals surface area contributed by atoms with E-state index < -0.39 is 5.97 Å². The fourth-order valence-corrected chi connectivity index (χ4v) is 2.08. The lowest BCUT2D eigenvalue weighted by Crippen LogP contribution is -2.41. The van der Waals surface area contributed by atoms with Crippen LogP contribution >= 0.6 is 0 Å². The molecule has 0 aromatic carbocycles. The molecule has 0 saturated carbocycles. The molecule has 0 saturated heterocycles. The first-order chi connectivity index (χ1) is 8.02. The monoisotopic (exact) mass is 239 g/mol. The maximum atomic E-state index is 12.2. The van der Waals surface area contributed by atoms with Crippen molar-refractivity contribution in [3.05, 3.63) is 12.2 Å². The fraction of sp³-hybridized carbons (Fsp3) is 0.692. The van der Waals surface area contributed by atoms with E-state index in [1.807, 2.05) is 26.0 Å². The standard InChI is InChI=1S/C13H21NO3/c1-10(2)14(9-5-8-12(15)16)13(17)11-6-3-4-7-11/h3-4,10-11H,5-9H2,1-2H3,(H,15,16). The van der Waals surface area contributed by atoms with Crippen molar-refractivity contribution in [3.63, 3.8) is 0 Å². The van der Waals surface area contributed by atoms with Gasteiger partial charge in [0.15, 0.2) is 0 Å². The number of carbonyl (C=O) groups is 2. The first-order valence-electron chi connectivity index (χ1n) is 6.19. The smallest absolute Gasteiger partial charge is 0.303 e. The van der Waals surface area contributed by atoms with Crippen LogP contribution in [0.1, 0.15) is 39.5 Å². The molecule has 1 aliphatic carbocycles. The molecule has 0 spiro atoms. The van der Waals surface area contributed by atoms with Crippen LogP contribution in [0, 0.1) is 5.92 Å². The van der Waals surface area contributed by atoms with Gasteiger partial charge in [0.25, 0.3) is 0 Å². The molecule has 1 aliphatic rings. The second-order valence-corrected chi connectivity index (χ2v) is 4.76. The Kier molecular flexibility index (Phi) is 5.19. The van der Waals surface area contributed by atoms with E-state index in [4.69, 9.17) is 5.11 Å². The highest BCUT2D eigenvalue weighted by atomic mass is 16.4. The van der Waals surface area contributed by atoms with Gasteiger partial charge in [0, 0.05) is 24.9 Å². The molecule has 0 aromatic heterocycles. The number of rotatable bonds is 6. The van der Waals surface area contributed by atoms with E-state index in [1.165, 1.54) is 0 Å². The van der Waals surface area contributed by atoms with E-state index in [0.29, 0.717) is 13.0 Å². The van der Waals surface area contributed by atoms with Crippen LogP contribution in [-0.4, -0.2) is 34.5 Å². The Hall–Kier alpha value is -1.32. The second kappa shape index (κ2) is 6.42. The van der Waals surface area contributed by atoms with Crippen molar-refractivity contribution in [1.82, 2.24) is 4.90 Å². The maximum absolute atomic E-state index is 12.2. The van der Waals surface area contributed by atoms with Crippen LogP contribution in [0.5, 0.6) is 0 Å². The molecule has 0 heterocycles. The molecule has 4 heteroatoms. The Morgan fingerprint density at radius 3 is 2.41 bits per heavy atom. The van der Waals surface area contributed by atoms with E-state index in [0.717, 1.165) is 12.8 Å². The summed E-state index contributed by atoms with van der Waals surface area (Å²) < 4.78 is 0. The number of amides is 1. The molecule has 0 bridgehead atoms. The van der Waals surface area contributed by atoms with Crippen LogP contribution in [0.2, 0.25) is 0 Å². The summed E-state index contributed by atoms with van der Waals surface area (Å²) in [6.45, 7) is 4.49. The van der Waals surface area contributed by atoms with Gasteiger partial charge in [-0.3, -0.25) is 9.59 Å². The summed E-state index contributed by atoms with van der Waals surface area (Å²) in [5, 5.41) is 8.60. The van der Waals surface area contributed by atoms with Gasteiger partial charge in [0.1, 0.15) is 0 Å². The second-order valence-electron chi connectivity index (χ2n) is 4.76. The van der Waals surface area contributed by atoms with Crippen LogP contribution in [0.3, 0.4) is 0 Å². The third-order valence-corrected chi connectivity index (χ3v) is 3.05. The third kappa shape index (κ3) is 4.21. The molecule has 4 nitrogen and oxygen atoms in total. The minimum absolute atomic E-state index is 0.0715. The SMILES string of the molecule is CC(C)N(CCCC(=O)O)C(=O)C1CC=CC1. The van der Waals surface area contributed by atoms with Gasteiger partial charge < -0.3 is 10.0 Å². The predicted molar refractivity (Wildman–Crippen MR) is 65.6 cm³/mol. The van der Waals surface area contributed by atoms with Crippen LogP contribution in [0.15, 0.2) is 12.2 Å². The summed E-state index contributed by atoms with van der Waals surface area (Å²) >= 11 is 0. The highest BCUT2D eigenvalue weighted by Gasteiger charge is 2.26. The quantitative estimate of drug-likeness (QED) is 0.722. The highest BCUT2D eigenvalue weighted by Crippen LogP contribution is 2.21. The van der Waals surface area contributed by atoms with Crippen molar-refractivity contribution in [2.45, 2.75) is 45.6 Å². The molecule has 0 atom stereocenters. The zero-order valence-corrected chi connectivity index (χ0v) is 10.6. The maximum Gasteiger partial charge on any atom is 0.303 e. The number of carboxylic acid groups (broad SMARTS) is 1. The van der Waals surface area contributed by atoms with Gasteiger partial charge in [-0.25, -0.2) is 0 Å². The minimum Gasteiger partial charge on any atom is -0.481 e. The summed E-state index contributed by atoms with van der Waals surface area (Å²) in [7, 11) is 0. The largest absolute Gasteiger partial charge is 0.481 e. The van der Waals surface area contributed by atoms with Gasteiger partial charge in [-0.2, -0.15) is 0 Å². The van der Waals surface area contributed by atoms with Crippen molar-refractivity contribution >= 4 is 11.9 Å². The first-order valence-corrected chi connectivity index (χ1v) is 6.19. The minimum atomic E-state index is -0.802. The van der Waals surface area contributed by atoms with E-state index in [9.17, 15) is 9.59 Å². The van der Waals surface area contributed by atoms with Crippen molar-refractivity contribution in [2.24, 2.45) is 5.92 Å². The van der Waals surface area contributed by atoms with Crippen molar-refractivity contribution in [1.29, 1.82) is 0 Å². The number of allylic oxidation sites excluding steroid dienone is 2. The molecule has 0 radical (unpaired) electrons. The molecule has 0 aliphatic heterocycles. The molecule has 1 rings (SSSR count). The van der Waals surface area contributed by atoms with E-state index in [2.05, 4.69) is 0 Å². The van der Waals surface area contributed by atoms with Crippen molar-refractivity contribution in [3.8, 4) is 0 Å².